The zero-order valence-electron chi connectivity index (χ0n) is 9.06. The van der Waals surface area contributed by atoms with Crippen molar-refractivity contribution in [3.05, 3.63) is 64.1 Å². The first-order chi connectivity index (χ1) is 8.29. The molecule has 0 aromatic heterocycles. The first kappa shape index (κ1) is 11.7. The van der Waals surface area contributed by atoms with Crippen LogP contribution >= 0.6 is 15.9 Å². The molecule has 0 fully saturated rings. The van der Waals surface area contributed by atoms with Gasteiger partial charge in [-0.2, -0.15) is 5.26 Å². The third kappa shape index (κ3) is 3.08. The number of rotatable bonds is 3. The smallest absolute Gasteiger partial charge is 0.134 e. The number of halogens is 1. The van der Waals surface area contributed by atoms with Gasteiger partial charge in [0.2, 0.25) is 0 Å². The summed E-state index contributed by atoms with van der Waals surface area (Å²) in [5, 5.41) is 8.75. The van der Waals surface area contributed by atoms with Crippen molar-refractivity contribution in [3.63, 3.8) is 0 Å². The van der Waals surface area contributed by atoms with E-state index in [4.69, 9.17) is 10.00 Å². The van der Waals surface area contributed by atoms with Gasteiger partial charge in [-0.1, -0.05) is 30.3 Å². The Morgan fingerprint density at radius 3 is 2.53 bits per heavy atom. The lowest BCUT2D eigenvalue weighted by Gasteiger charge is -2.08. The number of nitrogens with zero attached hydrogens (tertiary/aromatic N) is 1. The van der Waals surface area contributed by atoms with Gasteiger partial charge in [-0.3, -0.25) is 0 Å². The molecule has 0 spiro atoms. The summed E-state index contributed by atoms with van der Waals surface area (Å²) in [6.45, 7) is 0.519. The van der Waals surface area contributed by atoms with Crippen molar-refractivity contribution in [2.75, 3.05) is 0 Å². The minimum absolute atomic E-state index is 0.519. The van der Waals surface area contributed by atoms with Gasteiger partial charge in [0.05, 0.1) is 16.1 Å². The number of hydrogen-bond acceptors (Lipinski definition) is 2. The summed E-state index contributed by atoms with van der Waals surface area (Å²) in [5.41, 5.74) is 1.73. The molecule has 2 aromatic carbocycles. The van der Waals surface area contributed by atoms with Crippen LogP contribution in [0.3, 0.4) is 0 Å². The molecule has 0 aliphatic heterocycles. The van der Waals surface area contributed by atoms with Crippen LogP contribution < -0.4 is 4.74 Å². The van der Waals surface area contributed by atoms with Gasteiger partial charge in [-0.25, -0.2) is 0 Å². The second kappa shape index (κ2) is 5.51. The molecular formula is C14H10BrNO. The molecule has 3 heteroatoms. The number of ether oxygens (including phenoxy) is 1. The van der Waals surface area contributed by atoms with E-state index in [0.29, 0.717) is 12.2 Å². The summed E-state index contributed by atoms with van der Waals surface area (Å²) in [4.78, 5) is 0. The first-order valence-corrected chi connectivity index (χ1v) is 5.95. The Hall–Kier alpha value is -1.79. The molecule has 0 radical (unpaired) electrons. The van der Waals surface area contributed by atoms with Crippen molar-refractivity contribution in [2.24, 2.45) is 0 Å². The van der Waals surface area contributed by atoms with Gasteiger partial charge in [0, 0.05) is 0 Å². The summed E-state index contributed by atoms with van der Waals surface area (Å²) in [6, 6.07) is 17.3. The number of hydrogen-bond donors (Lipinski definition) is 0. The van der Waals surface area contributed by atoms with Crippen molar-refractivity contribution in [1.82, 2.24) is 0 Å². The van der Waals surface area contributed by atoms with Gasteiger partial charge in [0.25, 0.3) is 0 Å². The molecule has 0 N–H and O–H groups in total. The van der Waals surface area contributed by atoms with Gasteiger partial charge in [-0.15, -0.1) is 0 Å². The highest BCUT2D eigenvalue weighted by Crippen LogP contribution is 2.26. The lowest BCUT2D eigenvalue weighted by molar-refractivity contribution is 0.304. The molecule has 0 unspecified atom stereocenters. The van der Waals surface area contributed by atoms with E-state index in [1.165, 1.54) is 0 Å². The molecule has 0 aliphatic rings. The monoisotopic (exact) mass is 287 g/mol. The average Bonchev–Trinajstić information content (AvgIpc) is 2.38. The lowest BCUT2D eigenvalue weighted by atomic mass is 10.2. The Labute approximate surface area is 109 Å². The van der Waals surface area contributed by atoms with Gasteiger partial charge < -0.3 is 4.74 Å². The maximum absolute atomic E-state index is 8.75. The second-order valence-electron chi connectivity index (χ2n) is 3.53. The maximum atomic E-state index is 8.75. The summed E-state index contributed by atoms with van der Waals surface area (Å²) in [7, 11) is 0. The Kier molecular flexibility index (Phi) is 3.79. The molecule has 2 rings (SSSR count). The fourth-order valence-corrected chi connectivity index (χ4v) is 1.92. The van der Waals surface area contributed by atoms with Gasteiger partial charge in [-0.05, 0) is 39.7 Å². The van der Waals surface area contributed by atoms with E-state index in [9.17, 15) is 0 Å². The molecule has 0 aliphatic carbocycles. The molecular weight excluding hydrogens is 278 g/mol. The number of benzene rings is 2. The molecule has 0 heterocycles. The predicted octanol–water partition coefficient (Wildman–Crippen LogP) is 3.90. The Morgan fingerprint density at radius 2 is 1.88 bits per heavy atom. The topological polar surface area (TPSA) is 33.0 Å². The van der Waals surface area contributed by atoms with Crippen LogP contribution in [0.1, 0.15) is 11.1 Å². The molecule has 0 atom stereocenters. The maximum Gasteiger partial charge on any atom is 0.134 e. The van der Waals surface area contributed by atoms with Crippen LogP contribution in [-0.2, 0) is 6.61 Å². The summed E-state index contributed by atoms with van der Waals surface area (Å²) < 4.78 is 6.46. The molecule has 0 saturated carbocycles. The zero-order chi connectivity index (χ0) is 12.1. The highest BCUT2D eigenvalue weighted by Gasteiger charge is 2.02. The van der Waals surface area contributed by atoms with Crippen LogP contribution in [0.5, 0.6) is 5.75 Å². The van der Waals surface area contributed by atoms with Gasteiger partial charge in [0.15, 0.2) is 0 Å². The summed E-state index contributed by atoms with van der Waals surface area (Å²) in [5.74, 6) is 0.743. The second-order valence-corrected chi connectivity index (χ2v) is 4.39. The number of nitriles is 1. The van der Waals surface area contributed by atoms with Crippen molar-refractivity contribution >= 4 is 15.9 Å². The van der Waals surface area contributed by atoms with E-state index in [-0.39, 0.29) is 0 Å². The minimum Gasteiger partial charge on any atom is -0.488 e. The molecule has 0 saturated heterocycles. The lowest BCUT2D eigenvalue weighted by Crippen LogP contribution is -1.95. The molecule has 0 bridgehead atoms. The van der Waals surface area contributed by atoms with Gasteiger partial charge >= 0.3 is 0 Å². The largest absolute Gasteiger partial charge is 0.488 e. The van der Waals surface area contributed by atoms with E-state index in [2.05, 4.69) is 22.0 Å². The highest BCUT2D eigenvalue weighted by molar-refractivity contribution is 9.10. The van der Waals surface area contributed by atoms with E-state index in [1.807, 2.05) is 30.3 Å². The standard InChI is InChI=1S/C14H10BrNO/c15-13-8-12(9-16)6-7-14(13)17-10-11-4-2-1-3-5-11/h1-8H,10H2. The predicted molar refractivity (Wildman–Crippen MR) is 69.6 cm³/mol. The third-order valence-electron chi connectivity index (χ3n) is 2.30. The Balaban J connectivity index is 2.08. The quantitative estimate of drug-likeness (QED) is 0.858. The molecule has 17 heavy (non-hydrogen) atoms. The van der Waals surface area contributed by atoms with Crippen LogP contribution in [0.2, 0.25) is 0 Å². The van der Waals surface area contributed by atoms with Crippen LogP contribution in [0.4, 0.5) is 0 Å². The van der Waals surface area contributed by atoms with Gasteiger partial charge in [0.1, 0.15) is 12.4 Å². The minimum atomic E-state index is 0.519. The van der Waals surface area contributed by atoms with Crippen LogP contribution in [0.25, 0.3) is 0 Å². The molecule has 2 aromatic rings. The van der Waals surface area contributed by atoms with E-state index in [0.717, 1.165) is 15.8 Å². The summed E-state index contributed by atoms with van der Waals surface area (Å²) >= 11 is 3.39. The Morgan fingerprint density at radius 1 is 1.12 bits per heavy atom. The van der Waals surface area contributed by atoms with Crippen molar-refractivity contribution in [3.8, 4) is 11.8 Å². The van der Waals surface area contributed by atoms with Crippen LogP contribution in [-0.4, -0.2) is 0 Å². The SMILES string of the molecule is N#Cc1ccc(OCc2ccccc2)c(Br)c1. The van der Waals surface area contributed by atoms with E-state index >= 15 is 0 Å². The van der Waals surface area contributed by atoms with Crippen molar-refractivity contribution < 1.29 is 4.74 Å². The van der Waals surface area contributed by atoms with Crippen molar-refractivity contribution in [1.29, 1.82) is 5.26 Å². The van der Waals surface area contributed by atoms with Crippen LogP contribution in [0, 0.1) is 11.3 Å². The average molecular weight is 288 g/mol. The molecule has 84 valence electrons. The third-order valence-corrected chi connectivity index (χ3v) is 2.92. The van der Waals surface area contributed by atoms with E-state index < -0.39 is 0 Å². The van der Waals surface area contributed by atoms with E-state index in [1.54, 1.807) is 18.2 Å². The molecule has 2 nitrogen and oxygen atoms in total. The van der Waals surface area contributed by atoms with Crippen LogP contribution in [0.15, 0.2) is 53.0 Å². The normalized spacial score (nSPS) is 9.65. The highest BCUT2D eigenvalue weighted by atomic mass is 79.9. The zero-order valence-corrected chi connectivity index (χ0v) is 10.6. The Bertz CT molecular complexity index is 546. The summed E-state index contributed by atoms with van der Waals surface area (Å²) in [6.07, 6.45) is 0. The molecule has 0 amide bonds. The fraction of sp³-hybridized carbons (Fsp3) is 0.0714. The first-order valence-electron chi connectivity index (χ1n) is 5.16. The van der Waals surface area contributed by atoms with Crippen molar-refractivity contribution in [2.45, 2.75) is 6.61 Å². The fourth-order valence-electron chi connectivity index (χ4n) is 1.42.